The molecule has 0 saturated heterocycles. The smallest absolute Gasteiger partial charge is 0.326 e. The van der Waals surface area contributed by atoms with Crippen molar-refractivity contribution in [2.75, 3.05) is 11.9 Å². The maximum atomic E-state index is 13.0. The van der Waals surface area contributed by atoms with Gasteiger partial charge in [-0.25, -0.2) is 4.79 Å². The van der Waals surface area contributed by atoms with E-state index in [4.69, 9.17) is 11.5 Å². The number of benzene rings is 3. The second-order valence-electron chi connectivity index (χ2n) is 8.56. The highest BCUT2D eigenvalue weighted by atomic mass is 16.4. The Balaban J connectivity index is 1.73. The number of rotatable bonds is 11. The van der Waals surface area contributed by atoms with Crippen molar-refractivity contribution in [2.24, 2.45) is 16.5 Å². The Labute approximate surface area is 213 Å². The number of carboxylic acids is 1. The first-order valence-electron chi connectivity index (χ1n) is 11.7. The van der Waals surface area contributed by atoms with Crippen molar-refractivity contribution in [1.29, 1.82) is 0 Å². The molecule has 0 aliphatic rings. The topological polar surface area (TPSA) is 177 Å². The molecule has 0 aromatic heterocycles. The highest BCUT2D eigenvalue weighted by Gasteiger charge is 2.26. The predicted octanol–water partition coefficient (Wildman–Crippen LogP) is 2.60. The van der Waals surface area contributed by atoms with Gasteiger partial charge in [0.1, 0.15) is 6.04 Å². The van der Waals surface area contributed by atoms with Crippen LogP contribution in [0.3, 0.4) is 0 Å². The molecular weight excluding hydrogens is 474 g/mol. The molecule has 3 aromatic rings. The van der Waals surface area contributed by atoms with Gasteiger partial charge in [-0.3, -0.25) is 19.4 Å². The molecule has 3 aromatic carbocycles. The van der Waals surface area contributed by atoms with Crippen molar-refractivity contribution in [1.82, 2.24) is 5.32 Å². The second-order valence-corrected chi connectivity index (χ2v) is 8.56. The molecule has 0 bridgehead atoms. The van der Waals surface area contributed by atoms with E-state index in [9.17, 15) is 24.3 Å². The molecule has 192 valence electrons. The minimum Gasteiger partial charge on any atom is -0.480 e. The Morgan fingerprint density at radius 1 is 0.946 bits per heavy atom. The van der Waals surface area contributed by atoms with Crippen LogP contribution in [0.4, 0.5) is 5.69 Å². The number of hydrogen-bond acceptors (Lipinski definition) is 5. The molecule has 0 aliphatic heterocycles. The quantitative estimate of drug-likeness (QED) is 0.0877. The fourth-order valence-electron chi connectivity index (χ4n) is 3.75. The van der Waals surface area contributed by atoms with E-state index in [0.29, 0.717) is 30.5 Å². The SMILES string of the molecule is Cc1ccc(NC(=O)c2ccc3ccccc3c2)c(C(=O)C(=O)N[C@@H](CCCCN=C(N)N)C(=O)O)c1. The van der Waals surface area contributed by atoms with Crippen molar-refractivity contribution >= 4 is 46.0 Å². The monoisotopic (exact) mass is 503 g/mol. The molecule has 0 heterocycles. The lowest BCUT2D eigenvalue weighted by atomic mass is 10.0. The van der Waals surface area contributed by atoms with Crippen molar-refractivity contribution in [3.05, 3.63) is 77.4 Å². The molecule has 37 heavy (non-hydrogen) atoms. The van der Waals surface area contributed by atoms with Gasteiger partial charge in [0.25, 0.3) is 17.6 Å². The summed E-state index contributed by atoms with van der Waals surface area (Å²) >= 11 is 0. The van der Waals surface area contributed by atoms with Crippen LogP contribution in [0.25, 0.3) is 10.8 Å². The van der Waals surface area contributed by atoms with Crippen LogP contribution in [0.15, 0.2) is 65.7 Å². The van der Waals surface area contributed by atoms with Crippen molar-refractivity contribution < 1.29 is 24.3 Å². The highest BCUT2D eigenvalue weighted by molar-refractivity contribution is 6.44. The van der Waals surface area contributed by atoms with Crippen LogP contribution in [-0.2, 0) is 9.59 Å². The normalized spacial score (nSPS) is 11.4. The molecule has 0 spiro atoms. The molecule has 0 unspecified atom stereocenters. The van der Waals surface area contributed by atoms with Gasteiger partial charge in [0.15, 0.2) is 5.96 Å². The second kappa shape index (κ2) is 12.3. The van der Waals surface area contributed by atoms with Crippen molar-refractivity contribution in [2.45, 2.75) is 32.2 Å². The standard InChI is InChI=1S/C27H29N5O5/c1-16-9-12-21(31-24(34)19-11-10-17-6-2-3-7-18(17)15-19)20(14-16)23(33)25(35)32-22(26(36)37)8-4-5-13-30-27(28)29/h2-3,6-7,9-12,14-15,22H,4-5,8,13H2,1H3,(H,31,34)(H,32,35)(H,36,37)(H4,28,29,30)/t22-/m0/s1. The van der Waals surface area contributed by atoms with Crippen LogP contribution >= 0.6 is 0 Å². The minimum atomic E-state index is -1.27. The number of anilines is 1. The van der Waals surface area contributed by atoms with E-state index in [-0.39, 0.29) is 23.6 Å². The Hall–Kier alpha value is -4.73. The summed E-state index contributed by atoms with van der Waals surface area (Å²) < 4.78 is 0. The van der Waals surface area contributed by atoms with Gasteiger partial charge < -0.3 is 27.2 Å². The Bertz CT molecular complexity index is 1360. The lowest BCUT2D eigenvalue weighted by Gasteiger charge is -2.15. The van der Waals surface area contributed by atoms with Crippen molar-refractivity contribution in [3.63, 3.8) is 0 Å². The van der Waals surface area contributed by atoms with E-state index in [1.807, 2.05) is 30.3 Å². The van der Waals surface area contributed by atoms with Gasteiger partial charge in [-0.1, -0.05) is 42.0 Å². The number of carbonyl (C=O) groups excluding carboxylic acids is 3. The average molecular weight is 504 g/mol. The lowest BCUT2D eigenvalue weighted by Crippen LogP contribution is -2.44. The maximum Gasteiger partial charge on any atom is 0.326 e. The number of aliphatic carboxylic acids is 1. The first-order valence-corrected chi connectivity index (χ1v) is 11.7. The first kappa shape index (κ1) is 26.9. The van der Waals surface area contributed by atoms with Gasteiger partial charge in [-0.2, -0.15) is 0 Å². The third-order valence-electron chi connectivity index (χ3n) is 5.68. The third kappa shape index (κ3) is 7.38. The van der Waals surface area contributed by atoms with Crippen LogP contribution in [0.1, 0.15) is 45.5 Å². The van der Waals surface area contributed by atoms with Crippen LogP contribution in [-0.4, -0.2) is 47.2 Å². The molecule has 0 aliphatic carbocycles. The van der Waals surface area contributed by atoms with E-state index in [2.05, 4.69) is 15.6 Å². The minimum absolute atomic E-state index is 0.0384. The van der Waals surface area contributed by atoms with E-state index in [0.717, 1.165) is 10.8 Å². The fraction of sp³-hybridized carbons (Fsp3) is 0.222. The van der Waals surface area contributed by atoms with Crippen LogP contribution in [0.5, 0.6) is 0 Å². The number of unbranched alkanes of at least 4 members (excludes halogenated alkanes) is 1. The summed E-state index contributed by atoms with van der Waals surface area (Å²) in [7, 11) is 0. The average Bonchev–Trinajstić information content (AvgIpc) is 2.87. The number of Topliss-reactive ketones (excluding diaryl/α,β-unsaturated/α-hetero) is 1. The van der Waals surface area contributed by atoms with Gasteiger partial charge in [0.05, 0.1) is 11.3 Å². The van der Waals surface area contributed by atoms with Gasteiger partial charge in [0, 0.05) is 12.1 Å². The number of nitrogens with two attached hydrogens (primary N) is 2. The van der Waals surface area contributed by atoms with Gasteiger partial charge in [0.2, 0.25) is 0 Å². The van der Waals surface area contributed by atoms with Gasteiger partial charge in [-0.15, -0.1) is 0 Å². The fourth-order valence-corrected chi connectivity index (χ4v) is 3.75. The summed E-state index contributed by atoms with van der Waals surface area (Å²) in [6, 6.07) is 16.3. The van der Waals surface area contributed by atoms with E-state index < -0.39 is 29.6 Å². The molecule has 1 atom stereocenters. The summed E-state index contributed by atoms with van der Waals surface area (Å²) in [4.78, 5) is 54.1. The molecule has 0 saturated carbocycles. The van der Waals surface area contributed by atoms with E-state index in [1.54, 1.807) is 25.1 Å². The number of carboxylic acid groups (broad SMARTS) is 1. The molecule has 3 rings (SSSR count). The molecule has 10 nitrogen and oxygen atoms in total. The lowest BCUT2D eigenvalue weighted by molar-refractivity contribution is -0.141. The number of hydrogen-bond donors (Lipinski definition) is 5. The molecule has 2 amide bonds. The third-order valence-corrected chi connectivity index (χ3v) is 5.68. The van der Waals surface area contributed by atoms with Crippen LogP contribution in [0.2, 0.25) is 0 Å². The van der Waals surface area contributed by atoms with Gasteiger partial charge in [-0.05, 0) is 61.2 Å². The number of ketones is 1. The zero-order valence-corrected chi connectivity index (χ0v) is 20.4. The summed E-state index contributed by atoms with van der Waals surface area (Å²) in [5, 5.41) is 16.3. The summed E-state index contributed by atoms with van der Waals surface area (Å²) in [5.41, 5.74) is 11.7. The highest BCUT2D eigenvalue weighted by Crippen LogP contribution is 2.21. The first-order chi connectivity index (χ1) is 17.7. The Kier molecular flexibility index (Phi) is 8.93. The van der Waals surface area contributed by atoms with Crippen LogP contribution in [0, 0.1) is 6.92 Å². The number of carbonyl (C=O) groups is 4. The molecule has 0 fully saturated rings. The number of aryl methyl sites for hydroxylation is 1. The number of aliphatic imine (C=N–C) groups is 1. The zero-order chi connectivity index (χ0) is 26.9. The molecule has 0 radical (unpaired) electrons. The summed E-state index contributed by atoms with van der Waals surface area (Å²) in [6.45, 7) is 2.06. The molecule has 7 N–H and O–H groups in total. The van der Waals surface area contributed by atoms with E-state index >= 15 is 0 Å². The number of fused-ring (bicyclic) bond motifs is 1. The largest absolute Gasteiger partial charge is 0.480 e. The maximum absolute atomic E-state index is 13.0. The number of amides is 2. The Morgan fingerprint density at radius 2 is 1.68 bits per heavy atom. The number of nitrogens with zero attached hydrogens (tertiary/aromatic N) is 1. The number of nitrogens with one attached hydrogen (secondary N) is 2. The predicted molar refractivity (Wildman–Crippen MR) is 142 cm³/mol. The summed E-state index contributed by atoms with van der Waals surface area (Å²) in [6.07, 6.45) is 1.02. The zero-order valence-electron chi connectivity index (χ0n) is 20.4. The summed E-state index contributed by atoms with van der Waals surface area (Å²) in [5.74, 6) is -3.81. The number of guanidine groups is 1. The van der Waals surface area contributed by atoms with E-state index in [1.165, 1.54) is 12.1 Å². The molecular formula is C27H29N5O5. The Morgan fingerprint density at radius 3 is 2.38 bits per heavy atom. The molecule has 10 heteroatoms. The van der Waals surface area contributed by atoms with Crippen LogP contribution < -0.4 is 22.1 Å². The van der Waals surface area contributed by atoms with Crippen molar-refractivity contribution in [3.8, 4) is 0 Å². The van der Waals surface area contributed by atoms with Gasteiger partial charge >= 0.3 is 5.97 Å².